The maximum atomic E-state index is 13.0. The van der Waals surface area contributed by atoms with Crippen molar-refractivity contribution < 1.29 is 4.39 Å². The molecule has 3 heteroatoms. The van der Waals surface area contributed by atoms with Crippen LogP contribution in [0.25, 0.3) is 0 Å². The van der Waals surface area contributed by atoms with E-state index in [9.17, 15) is 4.39 Å². The van der Waals surface area contributed by atoms with Crippen LogP contribution >= 0.6 is 0 Å². The number of rotatable bonds is 1. The topological polar surface area (TPSA) is 29.3 Å². The van der Waals surface area contributed by atoms with Gasteiger partial charge in [0, 0.05) is 18.6 Å². The van der Waals surface area contributed by atoms with E-state index >= 15 is 0 Å². The van der Waals surface area contributed by atoms with E-state index < -0.39 is 6.17 Å². The number of nitrogens with two attached hydrogens (primary N) is 1. The summed E-state index contributed by atoms with van der Waals surface area (Å²) in [6.45, 7) is 2.31. The van der Waals surface area contributed by atoms with E-state index in [1.165, 1.54) is 6.42 Å². The Morgan fingerprint density at radius 1 is 1.64 bits per heavy atom. The summed E-state index contributed by atoms with van der Waals surface area (Å²) in [6.07, 6.45) is 2.34. The molecule has 2 N–H and O–H groups in total. The molecule has 0 unspecified atom stereocenters. The van der Waals surface area contributed by atoms with Gasteiger partial charge in [-0.25, -0.2) is 4.39 Å². The molecule has 64 valence electrons. The van der Waals surface area contributed by atoms with Crippen LogP contribution in [0.2, 0.25) is 0 Å². The number of nitrogens with zero attached hydrogens (tertiary/aromatic N) is 1. The highest BCUT2D eigenvalue weighted by Crippen LogP contribution is 2.38. The van der Waals surface area contributed by atoms with E-state index in [4.69, 9.17) is 5.73 Å². The molecule has 0 aliphatic carbocycles. The van der Waals surface area contributed by atoms with Gasteiger partial charge in [0.05, 0.1) is 0 Å². The zero-order valence-electron chi connectivity index (χ0n) is 6.72. The summed E-state index contributed by atoms with van der Waals surface area (Å²) < 4.78 is 13.0. The fourth-order valence-corrected chi connectivity index (χ4v) is 2.54. The van der Waals surface area contributed by atoms with Crippen LogP contribution in [0.5, 0.6) is 0 Å². The highest BCUT2D eigenvalue weighted by Gasteiger charge is 2.47. The third kappa shape index (κ3) is 0.983. The van der Waals surface area contributed by atoms with Gasteiger partial charge in [-0.05, 0) is 25.8 Å². The van der Waals surface area contributed by atoms with E-state index in [0.717, 1.165) is 13.0 Å². The molecule has 11 heavy (non-hydrogen) atoms. The minimum absolute atomic E-state index is 0.0550. The van der Waals surface area contributed by atoms with Crippen molar-refractivity contribution in [3.05, 3.63) is 0 Å². The van der Waals surface area contributed by atoms with Crippen molar-refractivity contribution in [2.75, 3.05) is 19.6 Å². The number of hydrogen-bond donors (Lipinski definition) is 1. The lowest BCUT2D eigenvalue weighted by atomic mass is 9.94. The Kier molecular flexibility index (Phi) is 1.65. The molecule has 2 aliphatic rings. The van der Waals surface area contributed by atoms with Crippen LogP contribution < -0.4 is 5.73 Å². The molecule has 0 bridgehead atoms. The van der Waals surface area contributed by atoms with Crippen molar-refractivity contribution in [1.29, 1.82) is 0 Å². The highest BCUT2D eigenvalue weighted by molar-refractivity contribution is 5.04. The quantitative estimate of drug-likeness (QED) is 0.603. The van der Waals surface area contributed by atoms with E-state index in [2.05, 4.69) is 4.90 Å². The molecule has 0 aromatic carbocycles. The smallest absolute Gasteiger partial charge is 0.115 e. The predicted octanol–water partition coefficient (Wildman–Crippen LogP) is 0.521. The monoisotopic (exact) mass is 158 g/mol. The average molecular weight is 158 g/mol. The Balaban J connectivity index is 2.15. The first-order valence-electron chi connectivity index (χ1n) is 4.36. The Morgan fingerprint density at radius 2 is 2.45 bits per heavy atom. The average Bonchev–Trinajstić information content (AvgIpc) is 2.43. The molecule has 2 saturated heterocycles. The van der Waals surface area contributed by atoms with E-state index in [0.29, 0.717) is 19.5 Å². The van der Waals surface area contributed by atoms with Crippen molar-refractivity contribution in [2.24, 2.45) is 5.73 Å². The van der Waals surface area contributed by atoms with Crippen LogP contribution in [-0.4, -0.2) is 36.2 Å². The van der Waals surface area contributed by atoms with Gasteiger partial charge in [-0.15, -0.1) is 0 Å². The number of hydrogen-bond acceptors (Lipinski definition) is 2. The maximum absolute atomic E-state index is 13.0. The number of alkyl halides is 1. The lowest BCUT2D eigenvalue weighted by Gasteiger charge is -2.29. The standard InChI is InChI=1S/C8H15FN2/c9-7-4-8(6-10)2-1-3-11(8)5-7/h7H,1-6,10H2/t7-,8-/m1/s1. The molecule has 0 radical (unpaired) electrons. The lowest BCUT2D eigenvalue weighted by molar-refractivity contribution is 0.203. The zero-order valence-corrected chi connectivity index (χ0v) is 6.72. The minimum Gasteiger partial charge on any atom is -0.329 e. The number of halogens is 1. The first-order chi connectivity index (χ1) is 5.27. The van der Waals surface area contributed by atoms with E-state index in [1.54, 1.807) is 0 Å². The van der Waals surface area contributed by atoms with Gasteiger partial charge in [-0.2, -0.15) is 0 Å². The summed E-state index contributed by atoms with van der Waals surface area (Å²) in [5, 5.41) is 0. The van der Waals surface area contributed by atoms with Gasteiger partial charge in [0.2, 0.25) is 0 Å². The maximum Gasteiger partial charge on any atom is 0.115 e. The van der Waals surface area contributed by atoms with E-state index in [-0.39, 0.29) is 5.54 Å². The summed E-state index contributed by atoms with van der Waals surface area (Å²) in [5.41, 5.74) is 5.72. The van der Waals surface area contributed by atoms with Gasteiger partial charge < -0.3 is 5.73 Å². The van der Waals surface area contributed by atoms with E-state index in [1.807, 2.05) is 0 Å². The second-order valence-corrected chi connectivity index (χ2v) is 3.78. The normalized spacial score (nSPS) is 44.7. The van der Waals surface area contributed by atoms with Gasteiger partial charge in [-0.3, -0.25) is 4.90 Å². The van der Waals surface area contributed by atoms with Crippen molar-refractivity contribution in [3.8, 4) is 0 Å². The minimum atomic E-state index is -0.626. The summed E-state index contributed by atoms with van der Waals surface area (Å²) >= 11 is 0. The summed E-state index contributed by atoms with van der Waals surface area (Å²) in [5.74, 6) is 0. The Bertz CT molecular complexity index is 162. The van der Waals surface area contributed by atoms with Crippen LogP contribution in [-0.2, 0) is 0 Å². The fraction of sp³-hybridized carbons (Fsp3) is 1.00. The van der Waals surface area contributed by atoms with Crippen molar-refractivity contribution >= 4 is 0 Å². The van der Waals surface area contributed by atoms with Gasteiger partial charge in [-0.1, -0.05) is 0 Å². The number of fused-ring (bicyclic) bond motifs is 1. The van der Waals surface area contributed by atoms with Gasteiger partial charge in [0.15, 0.2) is 0 Å². The SMILES string of the molecule is NC[C@]12CCCN1C[C@H](F)C2. The molecule has 2 atom stereocenters. The van der Waals surface area contributed by atoms with Gasteiger partial charge >= 0.3 is 0 Å². The molecule has 0 spiro atoms. The van der Waals surface area contributed by atoms with Crippen LogP contribution in [0.1, 0.15) is 19.3 Å². The van der Waals surface area contributed by atoms with Crippen LogP contribution in [0, 0.1) is 0 Å². The summed E-state index contributed by atoms with van der Waals surface area (Å²) in [6, 6.07) is 0. The Labute approximate surface area is 66.5 Å². The molecule has 2 aliphatic heterocycles. The lowest BCUT2D eigenvalue weighted by Crippen LogP contribution is -2.44. The third-order valence-electron chi connectivity index (χ3n) is 3.14. The first kappa shape index (κ1) is 7.50. The molecular formula is C8H15FN2. The van der Waals surface area contributed by atoms with Crippen LogP contribution in [0.3, 0.4) is 0 Å². The second kappa shape index (κ2) is 2.42. The predicted molar refractivity (Wildman–Crippen MR) is 42.1 cm³/mol. The second-order valence-electron chi connectivity index (χ2n) is 3.78. The fourth-order valence-electron chi connectivity index (χ4n) is 2.54. The molecule has 2 nitrogen and oxygen atoms in total. The first-order valence-corrected chi connectivity index (χ1v) is 4.36. The molecule has 0 aromatic heterocycles. The highest BCUT2D eigenvalue weighted by atomic mass is 19.1. The molecule has 2 heterocycles. The van der Waals surface area contributed by atoms with Crippen LogP contribution in [0.4, 0.5) is 4.39 Å². The van der Waals surface area contributed by atoms with Gasteiger partial charge in [0.25, 0.3) is 0 Å². The van der Waals surface area contributed by atoms with Crippen LogP contribution in [0.15, 0.2) is 0 Å². The molecular weight excluding hydrogens is 143 g/mol. The molecule has 0 saturated carbocycles. The third-order valence-corrected chi connectivity index (χ3v) is 3.14. The molecule has 0 aromatic rings. The molecule has 0 amide bonds. The van der Waals surface area contributed by atoms with Crippen molar-refractivity contribution in [2.45, 2.75) is 31.0 Å². The summed E-state index contributed by atoms with van der Waals surface area (Å²) in [4.78, 5) is 2.23. The van der Waals surface area contributed by atoms with Gasteiger partial charge in [0.1, 0.15) is 6.17 Å². The largest absolute Gasteiger partial charge is 0.329 e. The Hall–Kier alpha value is -0.150. The van der Waals surface area contributed by atoms with Crippen molar-refractivity contribution in [1.82, 2.24) is 4.90 Å². The molecule has 2 rings (SSSR count). The summed E-state index contributed by atoms with van der Waals surface area (Å²) in [7, 11) is 0. The van der Waals surface area contributed by atoms with Crippen molar-refractivity contribution in [3.63, 3.8) is 0 Å². The Morgan fingerprint density at radius 3 is 3.09 bits per heavy atom. The molecule has 2 fully saturated rings. The zero-order chi connectivity index (χ0) is 7.90.